The van der Waals surface area contributed by atoms with Crippen LogP contribution in [0.15, 0.2) is 48.8 Å². The standard InChI is InChI=1S/C20H25N3O2/c1-15-9-18(11-21-10-15)20(25)22-19-13-23(8-7-17(19)14-24)12-16-5-3-2-4-6-16/h2-6,9-11,17,19,24H,7-8,12-14H2,1H3,(H,22,25). The first-order chi connectivity index (χ1) is 12.2. The second-order valence-corrected chi connectivity index (χ2v) is 6.78. The van der Waals surface area contributed by atoms with Gasteiger partial charge in [-0.1, -0.05) is 30.3 Å². The monoisotopic (exact) mass is 339 g/mol. The van der Waals surface area contributed by atoms with E-state index in [1.165, 1.54) is 5.56 Å². The molecule has 2 unspecified atom stereocenters. The highest BCUT2D eigenvalue weighted by molar-refractivity contribution is 5.94. The van der Waals surface area contributed by atoms with Crippen LogP contribution in [0.3, 0.4) is 0 Å². The van der Waals surface area contributed by atoms with Gasteiger partial charge in [-0.2, -0.15) is 0 Å². The van der Waals surface area contributed by atoms with E-state index >= 15 is 0 Å². The summed E-state index contributed by atoms with van der Waals surface area (Å²) in [5.74, 6) is -0.0325. The Morgan fingerprint density at radius 2 is 2.12 bits per heavy atom. The van der Waals surface area contributed by atoms with Crippen molar-refractivity contribution in [1.29, 1.82) is 0 Å². The van der Waals surface area contributed by atoms with Gasteiger partial charge in [0, 0.05) is 44.0 Å². The second kappa shape index (κ2) is 8.23. The topological polar surface area (TPSA) is 65.5 Å². The van der Waals surface area contributed by atoms with E-state index in [0.29, 0.717) is 5.56 Å². The Bertz CT molecular complexity index is 705. The summed E-state index contributed by atoms with van der Waals surface area (Å²) >= 11 is 0. The molecule has 2 heterocycles. The molecule has 1 aliphatic rings. The van der Waals surface area contributed by atoms with E-state index in [-0.39, 0.29) is 24.5 Å². The number of aliphatic hydroxyl groups excluding tert-OH is 1. The summed E-state index contributed by atoms with van der Waals surface area (Å²) in [6, 6.07) is 12.1. The number of likely N-dealkylation sites (tertiary alicyclic amines) is 1. The van der Waals surface area contributed by atoms with Crippen molar-refractivity contribution < 1.29 is 9.90 Å². The Kier molecular flexibility index (Phi) is 5.79. The molecule has 1 saturated heterocycles. The van der Waals surface area contributed by atoms with Gasteiger partial charge in [0.15, 0.2) is 0 Å². The quantitative estimate of drug-likeness (QED) is 0.874. The summed E-state index contributed by atoms with van der Waals surface area (Å²) in [4.78, 5) is 19.0. The van der Waals surface area contributed by atoms with Gasteiger partial charge in [-0.25, -0.2) is 0 Å². The first-order valence-corrected chi connectivity index (χ1v) is 8.75. The summed E-state index contributed by atoms with van der Waals surface area (Å²) in [7, 11) is 0. The van der Waals surface area contributed by atoms with E-state index in [9.17, 15) is 9.90 Å². The molecule has 0 spiro atoms. The summed E-state index contributed by atoms with van der Waals surface area (Å²) < 4.78 is 0. The number of hydrogen-bond acceptors (Lipinski definition) is 4. The molecular formula is C20H25N3O2. The van der Waals surface area contributed by atoms with Gasteiger partial charge in [0.2, 0.25) is 0 Å². The summed E-state index contributed by atoms with van der Waals surface area (Å²) in [5, 5.41) is 12.8. The van der Waals surface area contributed by atoms with Crippen LogP contribution >= 0.6 is 0 Å². The molecule has 0 saturated carbocycles. The van der Waals surface area contributed by atoms with E-state index in [1.807, 2.05) is 31.2 Å². The summed E-state index contributed by atoms with van der Waals surface area (Å²) in [6.07, 6.45) is 4.19. The molecular weight excluding hydrogens is 314 g/mol. The van der Waals surface area contributed by atoms with Crippen LogP contribution in [0.2, 0.25) is 0 Å². The number of amides is 1. The Balaban J connectivity index is 1.65. The lowest BCUT2D eigenvalue weighted by Crippen LogP contribution is -2.53. The van der Waals surface area contributed by atoms with Crippen LogP contribution in [0, 0.1) is 12.8 Å². The molecule has 2 aromatic rings. The number of carbonyl (C=O) groups is 1. The number of aryl methyl sites for hydroxylation is 1. The lowest BCUT2D eigenvalue weighted by atomic mass is 9.91. The minimum absolute atomic E-state index is 0.0597. The number of rotatable bonds is 5. The molecule has 2 N–H and O–H groups in total. The number of hydrogen-bond donors (Lipinski definition) is 2. The van der Waals surface area contributed by atoms with Crippen molar-refractivity contribution in [1.82, 2.24) is 15.2 Å². The van der Waals surface area contributed by atoms with Crippen LogP contribution in [0.4, 0.5) is 0 Å². The minimum Gasteiger partial charge on any atom is -0.396 e. The predicted octanol–water partition coefficient (Wildman–Crippen LogP) is 2.00. The zero-order valence-electron chi connectivity index (χ0n) is 14.6. The number of piperidine rings is 1. The smallest absolute Gasteiger partial charge is 0.253 e. The molecule has 0 radical (unpaired) electrons. The van der Waals surface area contributed by atoms with Gasteiger partial charge < -0.3 is 10.4 Å². The number of aromatic nitrogens is 1. The SMILES string of the molecule is Cc1cncc(C(=O)NC2CN(Cc3ccccc3)CCC2CO)c1. The van der Waals surface area contributed by atoms with Gasteiger partial charge in [0.1, 0.15) is 0 Å². The first kappa shape index (κ1) is 17.6. The van der Waals surface area contributed by atoms with Crippen LogP contribution in [0.25, 0.3) is 0 Å². The molecule has 5 heteroatoms. The number of nitrogens with zero attached hydrogens (tertiary/aromatic N) is 2. The highest BCUT2D eigenvalue weighted by atomic mass is 16.3. The third kappa shape index (κ3) is 4.65. The van der Waals surface area contributed by atoms with Crippen molar-refractivity contribution in [2.45, 2.75) is 25.9 Å². The van der Waals surface area contributed by atoms with Gasteiger partial charge in [-0.15, -0.1) is 0 Å². The predicted molar refractivity (Wildman–Crippen MR) is 97.1 cm³/mol. The molecule has 2 atom stereocenters. The average molecular weight is 339 g/mol. The summed E-state index contributed by atoms with van der Waals surface area (Å²) in [5.41, 5.74) is 2.79. The molecule has 3 rings (SSSR count). The number of nitrogens with one attached hydrogen (secondary N) is 1. The second-order valence-electron chi connectivity index (χ2n) is 6.78. The van der Waals surface area contributed by atoms with Crippen molar-refractivity contribution in [3.05, 3.63) is 65.5 Å². The lowest BCUT2D eigenvalue weighted by Gasteiger charge is -2.38. The maximum atomic E-state index is 12.5. The van der Waals surface area contributed by atoms with Crippen LogP contribution in [0.5, 0.6) is 0 Å². The maximum absolute atomic E-state index is 12.5. The van der Waals surface area contributed by atoms with Crippen LogP contribution < -0.4 is 5.32 Å². The Labute approximate surface area is 148 Å². The van der Waals surface area contributed by atoms with Crippen molar-refractivity contribution >= 4 is 5.91 Å². The molecule has 1 aliphatic heterocycles. The van der Waals surface area contributed by atoms with Gasteiger partial charge in [0.25, 0.3) is 5.91 Å². The third-order valence-electron chi connectivity index (χ3n) is 4.78. The fourth-order valence-electron chi connectivity index (χ4n) is 3.37. The average Bonchev–Trinajstić information content (AvgIpc) is 2.63. The van der Waals surface area contributed by atoms with Crippen molar-refractivity contribution in [2.75, 3.05) is 19.7 Å². The molecule has 1 fully saturated rings. The first-order valence-electron chi connectivity index (χ1n) is 8.75. The zero-order valence-corrected chi connectivity index (χ0v) is 14.6. The molecule has 25 heavy (non-hydrogen) atoms. The lowest BCUT2D eigenvalue weighted by molar-refractivity contribution is 0.0730. The van der Waals surface area contributed by atoms with E-state index in [4.69, 9.17) is 0 Å². The van der Waals surface area contributed by atoms with E-state index in [0.717, 1.165) is 31.6 Å². The van der Waals surface area contributed by atoms with Crippen LogP contribution in [-0.2, 0) is 6.54 Å². The zero-order chi connectivity index (χ0) is 17.6. The highest BCUT2D eigenvalue weighted by Crippen LogP contribution is 2.20. The fraction of sp³-hybridized carbons (Fsp3) is 0.400. The minimum atomic E-state index is -0.124. The highest BCUT2D eigenvalue weighted by Gasteiger charge is 2.30. The van der Waals surface area contributed by atoms with Crippen molar-refractivity contribution in [2.24, 2.45) is 5.92 Å². The van der Waals surface area contributed by atoms with E-state index < -0.39 is 0 Å². The Morgan fingerprint density at radius 3 is 2.84 bits per heavy atom. The Hall–Kier alpha value is -2.24. The van der Waals surface area contributed by atoms with E-state index in [1.54, 1.807) is 12.4 Å². The molecule has 132 valence electrons. The van der Waals surface area contributed by atoms with Gasteiger partial charge in [-0.3, -0.25) is 14.7 Å². The molecule has 1 amide bonds. The fourth-order valence-corrected chi connectivity index (χ4v) is 3.37. The number of aliphatic hydroxyl groups is 1. The molecule has 1 aromatic heterocycles. The summed E-state index contributed by atoms with van der Waals surface area (Å²) in [6.45, 7) is 4.54. The Morgan fingerprint density at radius 1 is 1.32 bits per heavy atom. The molecule has 5 nitrogen and oxygen atoms in total. The normalized spacial score (nSPS) is 21.0. The molecule has 1 aromatic carbocycles. The molecule has 0 aliphatic carbocycles. The number of pyridine rings is 1. The number of carbonyl (C=O) groups excluding carboxylic acids is 1. The van der Waals surface area contributed by atoms with Crippen LogP contribution in [-0.4, -0.2) is 46.6 Å². The third-order valence-corrected chi connectivity index (χ3v) is 4.78. The van der Waals surface area contributed by atoms with Crippen molar-refractivity contribution in [3.8, 4) is 0 Å². The van der Waals surface area contributed by atoms with Crippen molar-refractivity contribution in [3.63, 3.8) is 0 Å². The van der Waals surface area contributed by atoms with Gasteiger partial charge in [-0.05, 0) is 37.1 Å². The largest absolute Gasteiger partial charge is 0.396 e. The maximum Gasteiger partial charge on any atom is 0.253 e. The van der Waals surface area contributed by atoms with Gasteiger partial charge >= 0.3 is 0 Å². The number of benzene rings is 1. The molecule has 0 bridgehead atoms. The van der Waals surface area contributed by atoms with E-state index in [2.05, 4.69) is 27.3 Å². The van der Waals surface area contributed by atoms with Crippen LogP contribution in [0.1, 0.15) is 27.9 Å². The van der Waals surface area contributed by atoms with Gasteiger partial charge in [0.05, 0.1) is 5.56 Å².